The Labute approximate surface area is 128 Å². The first-order valence-electron chi connectivity index (χ1n) is 6.61. The summed E-state index contributed by atoms with van der Waals surface area (Å²) in [6.07, 6.45) is -0.000798. The SMILES string of the molecule is COC(=O)CCC(=O)CNC(=O)c1c(OC)cccc1OC. The van der Waals surface area contributed by atoms with Crippen LogP contribution in [0.3, 0.4) is 0 Å². The minimum Gasteiger partial charge on any atom is -0.496 e. The number of amides is 1. The Morgan fingerprint density at radius 3 is 2.09 bits per heavy atom. The third kappa shape index (κ3) is 4.76. The number of carbonyl (C=O) groups is 3. The van der Waals surface area contributed by atoms with Crippen LogP contribution in [0.5, 0.6) is 11.5 Å². The van der Waals surface area contributed by atoms with Gasteiger partial charge >= 0.3 is 5.97 Å². The van der Waals surface area contributed by atoms with Crippen LogP contribution < -0.4 is 14.8 Å². The lowest BCUT2D eigenvalue weighted by molar-refractivity contribution is -0.141. The second-order valence-electron chi connectivity index (χ2n) is 4.34. The van der Waals surface area contributed by atoms with Crippen LogP contribution in [-0.4, -0.2) is 45.5 Å². The highest BCUT2D eigenvalue weighted by molar-refractivity contribution is 6.01. The number of esters is 1. The molecule has 0 aliphatic heterocycles. The Balaban J connectivity index is 2.66. The molecule has 0 heterocycles. The van der Waals surface area contributed by atoms with Gasteiger partial charge in [-0.1, -0.05) is 6.07 Å². The molecule has 0 fully saturated rings. The second kappa shape index (κ2) is 8.66. The fourth-order valence-corrected chi connectivity index (χ4v) is 1.77. The lowest BCUT2D eigenvalue weighted by atomic mass is 10.1. The van der Waals surface area contributed by atoms with Crippen LogP contribution in [0.25, 0.3) is 0 Å². The number of hydrogen-bond acceptors (Lipinski definition) is 6. The molecule has 7 nitrogen and oxygen atoms in total. The summed E-state index contributed by atoms with van der Waals surface area (Å²) in [6.45, 7) is -0.184. The van der Waals surface area contributed by atoms with Gasteiger partial charge in [-0.25, -0.2) is 0 Å². The minimum atomic E-state index is -0.485. The number of hydrogen-bond donors (Lipinski definition) is 1. The molecule has 0 aliphatic carbocycles. The number of Topliss-reactive ketones (excluding diaryl/α,β-unsaturated/α-hetero) is 1. The van der Waals surface area contributed by atoms with E-state index in [4.69, 9.17) is 9.47 Å². The summed E-state index contributed by atoms with van der Waals surface area (Å²) in [4.78, 5) is 34.8. The fraction of sp³-hybridized carbons (Fsp3) is 0.400. The summed E-state index contributed by atoms with van der Waals surface area (Å²) in [6, 6.07) is 4.93. The molecule has 7 heteroatoms. The fourth-order valence-electron chi connectivity index (χ4n) is 1.77. The quantitative estimate of drug-likeness (QED) is 0.719. The standard InChI is InChI=1S/C15H19NO6/c1-20-11-5-4-6-12(21-2)14(11)15(19)16-9-10(17)7-8-13(18)22-3/h4-6H,7-9H2,1-3H3,(H,16,19). The van der Waals surface area contributed by atoms with Crippen molar-refractivity contribution >= 4 is 17.7 Å². The van der Waals surface area contributed by atoms with Crippen molar-refractivity contribution in [3.63, 3.8) is 0 Å². The molecule has 1 N–H and O–H groups in total. The molecule has 0 spiro atoms. The zero-order valence-corrected chi connectivity index (χ0v) is 12.8. The molecule has 120 valence electrons. The maximum Gasteiger partial charge on any atom is 0.305 e. The van der Waals surface area contributed by atoms with Crippen molar-refractivity contribution in [1.82, 2.24) is 5.32 Å². The average Bonchev–Trinajstić information content (AvgIpc) is 2.56. The minimum absolute atomic E-state index is 0.00993. The lowest BCUT2D eigenvalue weighted by Crippen LogP contribution is -2.30. The average molecular weight is 309 g/mol. The van der Waals surface area contributed by atoms with Gasteiger partial charge in [-0.05, 0) is 12.1 Å². The van der Waals surface area contributed by atoms with Crippen LogP contribution in [0.15, 0.2) is 18.2 Å². The summed E-state index contributed by atoms with van der Waals surface area (Å²) in [5.74, 6) is -0.530. The van der Waals surface area contributed by atoms with Gasteiger partial charge in [0.15, 0.2) is 5.78 Å². The molecule has 1 aromatic rings. The Hall–Kier alpha value is -2.57. The molecule has 1 aromatic carbocycles. The first kappa shape index (κ1) is 17.5. The molecule has 1 amide bonds. The summed E-state index contributed by atoms with van der Waals surface area (Å²) < 4.78 is 14.7. The van der Waals surface area contributed by atoms with Crippen molar-refractivity contribution in [2.24, 2.45) is 0 Å². The highest BCUT2D eigenvalue weighted by atomic mass is 16.5. The van der Waals surface area contributed by atoms with Crippen LogP contribution in [0, 0.1) is 0 Å². The zero-order valence-electron chi connectivity index (χ0n) is 12.8. The maximum atomic E-state index is 12.2. The Bertz CT molecular complexity index is 533. The van der Waals surface area contributed by atoms with Crippen LogP contribution in [0.2, 0.25) is 0 Å². The summed E-state index contributed by atoms with van der Waals surface area (Å²) in [7, 11) is 4.13. The van der Waals surface area contributed by atoms with E-state index in [2.05, 4.69) is 10.1 Å². The molecule has 0 bridgehead atoms. The normalized spacial score (nSPS) is 9.77. The number of ether oxygens (including phenoxy) is 3. The molecule has 0 saturated carbocycles. The number of methoxy groups -OCH3 is 3. The highest BCUT2D eigenvalue weighted by Gasteiger charge is 2.18. The predicted octanol–water partition coefficient (Wildman–Crippen LogP) is 0.956. The summed E-state index contributed by atoms with van der Waals surface area (Å²) in [5.41, 5.74) is 0.216. The van der Waals surface area contributed by atoms with Gasteiger partial charge in [0, 0.05) is 6.42 Å². The smallest absolute Gasteiger partial charge is 0.305 e. The van der Waals surface area contributed by atoms with Gasteiger partial charge in [-0.3, -0.25) is 14.4 Å². The monoisotopic (exact) mass is 309 g/mol. The lowest BCUT2D eigenvalue weighted by Gasteiger charge is -2.12. The van der Waals surface area contributed by atoms with Gasteiger partial charge in [0.1, 0.15) is 17.1 Å². The first-order chi connectivity index (χ1) is 10.5. The van der Waals surface area contributed by atoms with E-state index in [0.29, 0.717) is 11.5 Å². The molecule has 0 radical (unpaired) electrons. The first-order valence-corrected chi connectivity index (χ1v) is 6.61. The molecule has 0 atom stereocenters. The Morgan fingerprint density at radius 2 is 1.59 bits per heavy atom. The topological polar surface area (TPSA) is 90.9 Å². The van der Waals surface area contributed by atoms with Gasteiger partial charge in [0.05, 0.1) is 34.3 Å². The number of rotatable bonds is 8. The molecule has 1 rings (SSSR count). The number of ketones is 1. The largest absolute Gasteiger partial charge is 0.496 e. The van der Waals surface area contributed by atoms with E-state index in [1.54, 1.807) is 18.2 Å². The maximum absolute atomic E-state index is 12.2. The van der Waals surface area contributed by atoms with Crippen molar-refractivity contribution in [1.29, 1.82) is 0 Å². The van der Waals surface area contributed by atoms with E-state index < -0.39 is 11.9 Å². The van der Waals surface area contributed by atoms with E-state index in [9.17, 15) is 14.4 Å². The van der Waals surface area contributed by atoms with Crippen molar-refractivity contribution < 1.29 is 28.6 Å². The van der Waals surface area contributed by atoms with Gasteiger partial charge in [-0.15, -0.1) is 0 Å². The second-order valence-corrected chi connectivity index (χ2v) is 4.34. The van der Waals surface area contributed by atoms with E-state index in [1.807, 2.05) is 0 Å². The number of nitrogens with one attached hydrogen (secondary N) is 1. The van der Waals surface area contributed by atoms with Gasteiger partial charge in [-0.2, -0.15) is 0 Å². The highest BCUT2D eigenvalue weighted by Crippen LogP contribution is 2.27. The molecule has 0 aromatic heterocycles. The van der Waals surface area contributed by atoms with Gasteiger partial charge in [0.2, 0.25) is 0 Å². The Morgan fingerprint density at radius 1 is 1.00 bits per heavy atom. The van der Waals surface area contributed by atoms with Crippen LogP contribution in [0.4, 0.5) is 0 Å². The zero-order chi connectivity index (χ0) is 16.5. The molecular weight excluding hydrogens is 290 g/mol. The number of benzene rings is 1. The number of carbonyl (C=O) groups excluding carboxylic acids is 3. The van der Waals surface area contributed by atoms with E-state index in [-0.39, 0.29) is 30.7 Å². The third-order valence-electron chi connectivity index (χ3n) is 2.94. The van der Waals surface area contributed by atoms with Crippen molar-refractivity contribution in [2.45, 2.75) is 12.8 Å². The Kier molecular flexibility index (Phi) is 6.88. The summed E-state index contributed by atoms with van der Waals surface area (Å²) >= 11 is 0. The van der Waals surface area contributed by atoms with E-state index in [1.165, 1.54) is 21.3 Å². The molecule has 0 unspecified atom stereocenters. The molecule has 22 heavy (non-hydrogen) atoms. The van der Waals surface area contributed by atoms with Crippen LogP contribution in [0.1, 0.15) is 23.2 Å². The van der Waals surface area contributed by atoms with E-state index >= 15 is 0 Å². The van der Waals surface area contributed by atoms with E-state index in [0.717, 1.165) is 0 Å². The van der Waals surface area contributed by atoms with Gasteiger partial charge in [0.25, 0.3) is 5.91 Å². The predicted molar refractivity (Wildman–Crippen MR) is 78.1 cm³/mol. The van der Waals surface area contributed by atoms with Crippen molar-refractivity contribution in [3.05, 3.63) is 23.8 Å². The van der Waals surface area contributed by atoms with Crippen molar-refractivity contribution in [2.75, 3.05) is 27.9 Å². The molecular formula is C15H19NO6. The third-order valence-corrected chi connectivity index (χ3v) is 2.94. The molecule has 0 saturated heterocycles. The van der Waals surface area contributed by atoms with Gasteiger partial charge < -0.3 is 19.5 Å². The van der Waals surface area contributed by atoms with Crippen LogP contribution >= 0.6 is 0 Å². The van der Waals surface area contributed by atoms with Crippen LogP contribution in [-0.2, 0) is 14.3 Å². The summed E-state index contributed by atoms with van der Waals surface area (Å²) in [5, 5.41) is 2.49. The van der Waals surface area contributed by atoms with Crippen molar-refractivity contribution in [3.8, 4) is 11.5 Å². The molecule has 0 aliphatic rings.